The molecular formula is C7H5Br2N3. The second kappa shape index (κ2) is 3.14. The molecule has 0 atom stereocenters. The first-order valence-electron chi connectivity index (χ1n) is 3.36. The van der Waals surface area contributed by atoms with Crippen molar-refractivity contribution in [3.05, 3.63) is 28.6 Å². The van der Waals surface area contributed by atoms with Crippen LogP contribution in [0.1, 0.15) is 5.56 Å². The summed E-state index contributed by atoms with van der Waals surface area (Å²) in [6, 6.07) is 3.96. The first-order chi connectivity index (χ1) is 5.79. The molecule has 0 unspecified atom stereocenters. The number of hydrogen-bond donors (Lipinski definition) is 0. The molecule has 0 bridgehead atoms. The lowest BCUT2D eigenvalue weighted by atomic mass is 10.3. The molecule has 0 saturated heterocycles. The number of hydrogen-bond acceptors (Lipinski definition) is 2. The average Bonchev–Trinajstić information content (AvgIpc) is 2.43. The summed E-state index contributed by atoms with van der Waals surface area (Å²) in [6.45, 7) is 0. The zero-order valence-electron chi connectivity index (χ0n) is 6.04. The third kappa shape index (κ3) is 1.38. The van der Waals surface area contributed by atoms with Crippen LogP contribution in [0, 0.1) is 0 Å². The van der Waals surface area contributed by atoms with Crippen LogP contribution in [0.4, 0.5) is 0 Å². The van der Waals surface area contributed by atoms with E-state index in [9.17, 15) is 0 Å². The number of fused-ring (bicyclic) bond motifs is 1. The van der Waals surface area contributed by atoms with Crippen LogP contribution < -0.4 is 0 Å². The third-order valence-corrected chi connectivity index (χ3v) is 2.50. The molecule has 0 amide bonds. The van der Waals surface area contributed by atoms with Crippen molar-refractivity contribution in [1.29, 1.82) is 0 Å². The van der Waals surface area contributed by atoms with Gasteiger partial charge in [0.1, 0.15) is 0 Å². The highest BCUT2D eigenvalue weighted by molar-refractivity contribution is 9.10. The summed E-state index contributed by atoms with van der Waals surface area (Å²) < 4.78 is 2.37. The van der Waals surface area contributed by atoms with Crippen molar-refractivity contribution in [2.24, 2.45) is 0 Å². The van der Waals surface area contributed by atoms with Gasteiger partial charge in [-0.15, -0.1) is 5.10 Å². The third-order valence-electron chi connectivity index (χ3n) is 1.52. The molecule has 0 aliphatic carbocycles. The number of aromatic nitrogens is 3. The molecule has 5 heteroatoms. The van der Waals surface area contributed by atoms with Gasteiger partial charge in [0.05, 0.1) is 0 Å². The fraction of sp³-hybridized carbons (Fsp3) is 0.143. The minimum absolute atomic E-state index is 0.620. The van der Waals surface area contributed by atoms with Crippen molar-refractivity contribution in [3.63, 3.8) is 0 Å². The highest BCUT2D eigenvalue weighted by Gasteiger charge is 1.99. The standard InChI is InChI=1S/C7H5Br2N3/c8-3-5-1-2-6-10-7(9)11-12(6)4-5/h1-2,4H,3H2. The zero-order chi connectivity index (χ0) is 8.55. The number of halogens is 2. The van der Waals surface area contributed by atoms with Gasteiger partial charge in [0, 0.05) is 11.5 Å². The SMILES string of the molecule is BrCc1ccc2nc(Br)nn2c1. The van der Waals surface area contributed by atoms with Crippen molar-refractivity contribution in [2.45, 2.75) is 5.33 Å². The Bertz CT molecular complexity index is 410. The summed E-state index contributed by atoms with van der Waals surface area (Å²) in [6.07, 6.45) is 1.95. The van der Waals surface area contributed by atoms with E-state index in [1.54, 1.807) is 4.52 Å². The molecule has 2 rings (SSSR count). The first kappa shape index (κ1) is 8.19. The lowest BCUT2D eigenvalue weighted by molar-refractivity contribution is 0.936. The Hall–Kier alpha value is -0.420. The first-order valence-corrected chi connectivity index (χ1v) is 5.28. The normalized spacial score (nSPS) is 10.8. The minimum Gasteiger partial charge on any atom is -0.220 e. The van der Waals surface area contributed by atoms with Crippen LogP contribution in [0.3, 0.4) is 0 Å². The Kier molecular flexibility index (Phi) is 2.14. The van der Waals surface area contributed by atoms with Gasteiger partial charge < -0.3 is 0 Å². The fourth-order valence-electron chi connectivity index (χ4n) is 0.978. The van der Waals surface area contributed by atoms with Crippen molar-refractivity contribution < 1.29 is 0 Å². The molecule has 0 aliphatic rings. The maximum Gasteiger partial charge on any atom is 0.218 e. The van der Waals surface area contributed by atoms with Gasteiger partial charge in [-0.1, -0.05) is 22.0 Å². The van der Waals surface area contributed by atoms with Gasteiger partial charge in [-0.3, -0.25) is 0 Å². The Morgan fingerprint density at radius 1 is 1.42 bits per heavy atom. The van der Waals surface area contributed by atoms with E-state index in [2.05, 4.69) is 41.9 Å². The Labute approximate surface area is 86.1 Å². The predicted octanol–water partition coefficient (Wildman–Crippen LogP) is 2.39. The Morgan fingerprint density at radius 2 is 2.25 bits per heavy atom. The summed E-state index contributed by atoms with van der Waals surface area (Å²) in [5, 5.41) is 4.96. The highest BCUT2D eigenvalue weighted by Crippen LogP contribution is 2.10. The van der Waals surface area contributed by atoms with E-state index in [1.807, 2.05) is 18.3 Å². The van der Waals surface area contributed by atoms with Gasteiger partial charge in [-0.25, -0.2) is 9.50 Å². The Morgan fingerprint density at radius 3 is 3.00 bits per heavy atom. The summed E-state index contributed by atoms with van der Waals surface area (Å²) in [5.74, 6) is 0. The molecule has 2 aromatic rings. The molecule has 2 heterocycles. The lowest BCUT2D eigenvalue weighted by Gasteiger charge is -1.94. The summed E-state index contributed by atoms with van der Waals surface area (Å²) >= 11 is 6.59. The predicted molar refractivity (Wildman–Crippen MR) is 53.3 cm³/mol. The number of pyridine rings is 1. The van der Waals surface area contributed by atoms with E-state index in [-0.39, 0.29) is 0 Å². The van der Waals surface area contributed by atoms with Crippen molar-refractivity contribution in [1.82, 2.24) is 14.6 Å². The molecule has 0 fully saturated rings. The van der Waals surface area contributed by atoms with Gasteiger partial charge >= 0.3 is 0 Å². The van der Waals surface area contributed by atoms with Gasteiger partial charge in [0.15, 0.2) is 5.65 Å². The molecule has 12 heavy (non-hydrogen) atoms. The van der Waals surface area contributed by atoms with Gasteiger partial charge in [-0.2, -0.15) is 0 Å². The molecular weight excluding hydrogens is 286 g/mol. The van der Waals surface area contributed by atoms with E-state index in [0.29, 0.717) is 4.73 Å². The molecule has 0 spiro atoms. The van der Waals surface area contributed by atoms with E-state index >= 15 is 0 Å². The molecule has 2 aromatic heterocycles. The summed E-state index contributed by atoms with van der Waals surface area (Å²) in [4.78, 5) is 4.14. The maximum absolute atomic E-state index is 4.14. The molecule has 0 radical (unpaired) electrons. The van der Waals surface area contributed by atoms with E-state index < -0.39 is 0 Å². The van der Waals surface area contributed by atoms with Gasteiger partial charge in [0.2, 0.25) is 4.73 Å². The van der Waals surface area contributed by atoms with E-state index in [0.717, 1.165) is 11.0 Å². The average molecular weight is 291 g/mol. The lowest BCUT2D eigenvalue weighted by Crippen LogP contribution is -1.88. The fourth-order valence-corrected chi connectivity index (χ4v) is 1.66. The van der Waals surface area contributed by atoms with Crippen LogP contribution in [0.2, 0.25) is 0 Å². The summed E-state index contributed by atoms with van der Waals surface area (Å²) in [7, 11) is 0. The van der Waals surface area contributed by atoms with Crippen LogP contribution in [-0.2, 0) is 5.33 Å². The van der Waals surface area contributed by atoms with Crippen molar-refractivity contribution in [3.8, 4) is 0 Å². The molecule has 62 valence electrons. The second-order valence-electron chi connectivity index (χ2n) is 2.35. The van der Waals surface area contributed by atoms with Crippen molar-refractivity contribution in [2.75, 3.05) is 0 Å². The Balaban J connectivity index is 2.66. The van der Waals surface area contributed by atoms with Crippen LogP contribution in [0.5, 0.6) is 0 Å². The summed E-state index contributed by atoms with van der Waals surface area (Å²) in [5.41, 5.74) is 2.03. The smallest absolute Gasteiger partial charge is 0.218 e. The van der Waals surface area contributed by atoms with Gasteiger partial charge in [0.25, 0.3) is 0 Å². The second-order valence-corrected chi connectivity index (χ2v) is 3.62. The number of rotatable bonds is 1. The molecule has 3 nitrogen and oxygen atoms in total. The van der Waals surface area contributed by atoms with E-state index in [1.165, 1.54) is 5.56 Å². The topological polar surface area (TPSA) is 30.2 Å². The number of alkyl halides is 1. The highest BCUT2D eigenvalue weighted by atomic mass is 79.9. The van der Waals surface area contributed by atoms with Gasteiger partial charge in [-0.05, 0) is 27.6 Å². The monoisotopic (exact) mass is 289 g/mol. The molecule has 0 saturated carbocycles. The largest absolute Gasteiger partial charge is 0.220 e. The molecule has 0 aliphatic heterocycles. The quantitative estimate of drug-likeness (QED) is 0.755. The van der Waals surface area contributed by atoms with Crippen LogP contribution in [-0.4, -0.2) is 14.6 Å². The molecule has 0 aromatic carbocycles. The van der Waals surface area contributed by atoms with Crippen LogP contribution in [0.25, 0.3) is 5.65 Å². The maximum atomic E-state index is 4.14. The van der Waals surface area contributed by atoms with Crippen molar-refractivity contribution >= 4 is 37.5 Å². The number of nitrogens with zero attached hydrogens (tertiary/aromatic N) is 3. The minimum atomic E-state index is 0.620. The van der Waals surface area contributed by atoms with Crippen LogP contribution in [0.15, 0.2) is 23.1 Å². The zero-order valence-corrected chi connectivity index (χ0v) is 9.21. The van der Waals surface area contributed by atoms with E-state index in [4.69, 9.17) is 0 Å². The molecule has 0 N–H and O–H groups in total. The van der Waals surface area contributed by atoms with Crippen LogP contribution >= 0.6 is 31.9 Å².